The first-order valence-electron chi connectivity index (χ1n) is 18.5. The number of rotatable bonds is 21. The van der Waals surface area contributed by atoms with Crippen LogP contribution in [-0.2, 0) is 46.4 Å². The zero-order chi connectivity index (χ0) is 41.4. The molecule has 1 heterocycles. The molecule has 2 aromatic rings. The average Bonchev–Trinajstić information content (AvgIpc) is 3.65. The molecule has 1 aliphatic heterocycles. The third-order valence-corrected chi connectivity index (χ3v) is 9.51. The van der Waals surface area contributed by atoms with Crippen LogP contribution in [0, 0.1) is 0 Å². The van der Waals surface area contributed by atoms with Crippen molar-refractivity contribution in [2.45, 2.75) is 93.7 Å². The molecule has 0 radical (unpaired) electrons. The van der Waals surface area contributed by atoms with Crippen molar-refractivity contribution < 1.29 is 38.7 Å². The minimum Gasteiger partial charge on any atom is -0.508 e. The normalized spacial score (nSPS) is 16.1. The lowest BCUT2D eigenvalue weighted by molar-refractivity contribution is -0.141. The highest BCUT2D eigenvalue weighted by Gasteiger charge is 2.38. The van der Waals surface area contributed by atoms with Crippen molar-refractivity contribution in [2.24, 2.45) is 17.2 Å². The maximum absolute atomic E-state index is 13.7. The lowest BCUT2D eigenvalue weighted by Gasteiger charge is -2.30. The topological polar surface area (TPSA) is 281 Å². The fraction of sp³-hybridized carbons (Fsp3) is 0.500. The number of amides is 7. The van der Waals surface area contributed by atoms with Crippen LogP contribution >= 0.6 is 12.6 Å². The Balaban J connectivity index is 1.71. The predicted octanol–water partition coefficient (Wildman–Crippen LogP) is -1.49. The summed E-state index contributed by atoms with van der Waals surface area (Å²) >= 11 is 4.41. The second-order valence-electron chi connectivity index (χ2n) is 14.3. The number of primary amides is 1. The molecule has 3 rings (SSSR count). The Morgan fingerprint density at radius 1 is 0.821 bits per heavy atom. The molecule has 0 aliphatic carbocycles. The van der Waals surface area contributed by atoms with E-state index < -0.39 is 82.9 Å². The first-order valence-corrected chi connectivity index (χ1v) is 19.0. The lowest BCUT2D eigenvalue weighted by atomic mass is 10.00. The van der Waals surface area contributed by atoms with Crippen LogP contribution < -0.4 is 43.8 Å². The molecule has 1 fully saturated rings. The molecule has 2 aromatic carbocycles. The van der Waals surface area contributed by atoms with E-state index in [2.05, 4.69) is 39.2 Å². The Morgan fingerprint density at radius 2 is 1.43 bits per heavy atom. The molecule has 56 heavy (non-hydrogen) atoms. The van der Waals surface area contributed by atoms with Gasteiger partial charge in [-0.15, -0.1) is 0 Å². The molecular formula is C38H55N9O8S. The van der Waals surface area contributed by atoms with Gasteiger partial charge >= 0.3 is 0 Å². The van der Waals surface area contributed by atoms with Crippen molar-refractivity contribution in [3.05, 3.63) is 65.7 Å². The number of aromatic hydroxyl groups is 1. The maximum atomic E-state index is 13.7. The predicted molar refractivity (Wildman–Crippen MR) is 212 cm³/mol. The van der Waals surface area contributed by atoms with Gasteiger partial charge in [0.2, 0.25) is 41.4 Å². The van der Waals surface area contributed by atoms with Gasteiger partial charge in [0.25, 0.3) is 0 Å². The largest absolute Gasteiger partial charge is 0.508 e. The number of thiol groups is 1. The van der Waals surface area contributed by atoms with Crippen LogP contribution in [0.3, 0.4) is 0 Å². The molecule has 12 N–H and O–H groups in total. The quantitative estimate of drug-likeness (QED) is 0.0516. The monoisotopic (exact) mass is 797 g/mol. The van der Waals surface area contributed by atoms with Crippen LogP contribution in [0.2, 0.25) is 0 Å². The average molecular weight is 798 g/mol. The number of hydrogen-bond acceptors (Lipinski definition) is 11. The second-order valence-corrected chi connectivity index (χ2v) is 15.4. The van der Waals surface area contributed by atoms with Gasteiger partial charge in [-0.1, -0.05) is 42.5 Å². The fourth-order valence-corrected chi connectivity index (χ4v) is 6.48. The van der Waals surface area contributed by atoms with Crippen molar-refractivity contribution in [1.29, 1.82) is 0 Å². The molecule has 0 unspecified atom stereocenters. The maximum Gasteiger partial charge on any atom is 0.246 e. The van der Waals surface area contributed by atoms with E-state index in [0.717, 1.165) is 0 Å². The van der Waals surface area contributed by atoms with Crippen molar-refractivity contribution in [3.63, 3.8) is 0 Å². The molecule has 1 aliphatic rings. The van der Waals surface area contributed by atoms with Crippen molar-refractivity contribution in [3.8, 4) is 5.75 Å². The number of nitrogens with zero attached hydrogens (tertiary/aromatic N) is 1. The highest BCUT2D eigenvalue weighted by Crippen LogP contribution is 2.21. The van der Waals surface area contributed by atoms with Crippen molar-refractivity contribution >= 4 is 54.0 Å². The van der Waals surface area contributed by atoms with Crippen LogP contribution in [0.5, 0.6) is 5.75 Å². The van der Waals surface area contributed by atoms with Gasteiger partial charge in [-0.05, 0) is 75.8 Å². The molecule has 5 atom stereocenters. The Bertz CT molecular complexity index is 1670. The Kier molecular flexibility index (Phi) is 17.6. The smallest absolute Gasteiger partial charge is 0.246 e. The molecular weight excluding hydrogens is 743 g/mol. The molecule has 0 saturated carbocycles. The summed E-state index contributed by atoms with van der Waals surface area (Å²) < 4.78 is -1.02. The summed E-state index contributed by atoms with van der Waals surface area (Å²) in [5.74, 6) is -4.50. The van der Waals surface area contributed by atoms with Gasteiger partial charge in [-0.2, -0.15) is 12.6 Å². The highest BCUT2D eigenvalue weighted by molar-refractivity contribution is 7.81. The Hall–Kier alpha value is -5.20. The molecule has 0 aromatic heterocycles. The summed E-state index contributed by atoms with van der Waals surface area (Å²) in [5, 5.41) is 22.8. The number of carbonyl (C=O) groups excluding carboxylic acids is 7. The molecule has 1 saturated heterocycles. The van der Waals surface area contributed by atoms with Gasteiger partial charge in [0.05, 0.1) is 13.1 Å². The number of phenolic OH excluding ortho intramolecular Hbond substituents is 1. The highest BCUT2D eigenvalue weighted by atomic mass is 32.1. The van der Waals surface area contributed by atoms with E-state index in [1.807, 2.05) is 0 Å². The molecule has 18 heteroatoms. The standard InChI is InChI=1S/C38H55N9O8S/c1-38(2,56)32(33(41)51)46-35(53)27(19-23-9-4-3-5-10-23)45-34(52)26(11-6-7-17-39)43-31(50)22-42-36(54)29-12-8-18-47(29)37(55)28(44-30(49)21-40)20-24-13-15-25(48)16-14-24/h3-5,9-10,13-16,26-29,32,48,56H,6-8,11-12,17-22,39-40H2,1-2H3,(H2,41,51)(H,42,54)(H,43,50)(H,44,49)(H,45,52)(H,46,53)/t26-,27-,28-,29-,32+/m0/s1. The third-order valence-electron chi connectivity index (χ3n) is 9.25. The number of nitrogens with two attached hydrogens (primary N) is 3. The molecule has 0 spiro atoms. The fourth-order valence-electron chi connectivity index (χ4n) is 6.29. The second kappa shape index (κ2) is 21.8. The summed E-state index contributed by atoms with van der Waals surface area (Å²) in [4.78, 5) is 93.4. The number of unbranched alkanes of at least 4 members (excludes halogenated alkanes) is 1. The summed E-state index contributed by atoms with van der Waals surface area (Å²) in [6.45, 7) is 2.92. The van der Waals surface area contributed by atoms with Crippen LogP contribution in [0.25, 0.3) is 0 Å². The van der Waals surface area contributed by atoms with E-state index in [9.17, 15) is 38.7 Å². The zero-order valence-corrected chi connectivity index (χ0v) is 32.7. The first-order chi connectivity index (χ1) is 26.5. The number of benzene rings is 2. The Morgan fingerprint density at radius 3 is 2.04 bits per heavy atom. The van der Waals surface area contributed by atoms with Crippen LogP contribution in [0.4, 0.5) is 0 Å². The van der Waals surface area contributed by atoms with E-state index in [1.165, 1.54) is 17.0 Å². The molecule has 17 nitrogen and oxygen atoms in total. The minimum absolute atomic E-state index is 0.0361. The molecule has 7 amide bonds. The Labute approximate surface area is 332 Å². The van der Waals surface area contributed by atoms with E-state index >= 15 is 0 Å². The van der Waals surface area contributed by atoms with Gasteiger partial charge in [0.1, 0.15) is 36.0 Å². The number of hydrogen-bond donors (Lipinski definition) is 10. The number of carbonyl (C=O) groups is 7. The molecule has 0 bridgehead atoms. The van der Waals surface area contributed by atoms with Crippen LogP contribution in [-0.4, -0.2) is 112 Å². The van der Waals surface area contributed by atoms with E-state index in [4.69, 9.17) is 17.2 Å². The number of likely N-dealkylation sites (tertiary alicyclic amines) is 1. The van der Waals surface area contributed by atoms with Crippen molar-refractivity contribution in [2.75, 3.05) is 26.2 Å². The SMILES string of the molecule is CC(C)(S)[C@H](NC(=O)[C@H](Cc1ccccc1)NC(=O)[C@H](CCCCN)NC(=O)CNC(=O)[C@@H]1CCCN1C(=O)[C@H](Cc1ccc(O)cc1)NC(=O)CN)C(N)=O. The minimum atomic E-state index is -1.17. The van der Waals surface area contributed by atoms with Gasteiger partial charge in [-0.25, -0.2) is 0 Å². The first kappa shape index (κ1) is 45.2. The van der Waals surface area contributed by atoms with E-state index in [1.54, 1.807) is 56.3 Å². The summed E-state index contributed by atoms with van der Waals surface area (Å²) in [6.07, 6.45) is 2.12. The number of phenols is 1. The van der Waals surface area contributed by atoms with Crippen LogP contribution in [0.1, 0.15) is 57.1 Å². The van der Waals surface area contributed by atoms with Crippen molar-refractivity contribution in [1.82, 2.24) is 31.5 Å². The summed E-state index contributed by atoms with van der Waals surface area (Å²) in [7, 11) is 0. The lowest BCUT2D eigenvalue weighted by Crippen LogP contribution is -2.60. The zero-order valence-electron chi connectivity index (χ0n) is 31.8. The van der Waals surface area contributed by atoms with Crippen LogP contribution in [0.15, 0.2) is 54.6 Å². The van der Waals surface area contributed by atoms with Gasteiger partial charge in [-0.3, -0.25) is 33.6 Å². The van der Waals surface area contributed by atoms with Gasteiger partial charge in [0.15, 0.2) is 0 Å². The van der Waals surface area contributed by atoms with E-state index in [0.29, 0.717) is 43.4 Å². The van der Waals surface area contributed by atoms with Gasteiger partial charge in [0, 0.05) is 24.1 Å². The third kappa shape index (κ3) is 14.1. The number of nitrogens with one attached hydrogen (secondary N) is 5. The van der Waals surface area contributed by atoms with E-state index in [-0.39, 0.29) is 38.1 Å². The van der Waals surface area contributed by atoms with Gasteiger partial charge < -0.3 is 53.8 Å². The molecule has 306 valence electrons. The summed E-state index contributed by atoms with van der Waals surface area (Å²) in [6, 6.07) is 9.59. The summed E-state index contributed by atoms with van der Waals surface area (Å²) in [5.41, 5.74) is 18.1.